The van der Waals surface area contributed by atoms with Gasteiger partial charge >= 0.3 is 0 Å². The summed E-state index contributed by atoms with van der Waals surface area (Å²) in [5, 5.41) is 20.0. The fourth-order valence-electron chi connectivity index (χ4n) is 2.47. The van der Waals surface area contributed by atoms with Crippen molar-refractivity contribution in [3.8, 4) is 0 Å². The van der Waals surface area contributed by atoms with E-state index in [0.717, 1.165) is 32.7 Å². The van der Waals surface area contributed by atoms with Gasteiger partial charge < -0.3 is 16.0 Å². The Balaban J connectivity index is 0.00000288. The van der Waals surface area contributed by atoms with Crippen molar-refractivity contribution < 1.29 is 9.72 Å². The highest BCUT2D eigenvalue weighted by Crippen LogP contribution is 2.22. The molecule has 1 aliphatic rings. The highest BCUT2D eigenvalue weighted by atomic mass is 35.5. The molecule has 1 fully saturated rings. The van der Waals surface area contributed by atoms with Crippen molar-refractivity contribution in [2.24, 2.45) is 0 Å². The first-order valence-corrected chi connectivity index (χ1v) is 7.84. The minimum atomic E-state index is -0.435. The fraction of sp³-hybridized carbons (Fsp3) is 0.533. The number of amides is 1. The molecule has 0 radical (unpaired) electrons. The standard InChI is InChI=1S/C15H23N5O3.ClH/c21-15(18-9-12-19-10-7-16-8-11-19)5-6-17-13-3-1-2-4-14(13)20(22)23;/h1-4,16-17H,5-12H2,(H,18,21);1H. The van der Waals surface area contributed by atoms with Crippen LogP contribution < -0.4 is 16.0 Å². The van der Waals surface area contributed by atoms with Crippen molar-refractivity contribution in [2.75, 3.05) is 51.1 Å². The van der Waals surface area contributed by atoms with Gasteiger partial charge in [-0.05, 0) is 6.07 Å². The normalized spacial score (nSPS) is 14.5. The van der Waals surface area contributed by atoms with E-state index in [4.69, 9.17) is 0 Å². The molecule has 0 atom stereocenters. The Bertz CT molecular complexity index is 538. The number of carbonyl (C=O) groups excluding carboxylic acids is 1. The highest BCUT2D eigenvalue weighted by molar-refractivity contribution is 5.85. The van der Waals surface area contributed by atoms with Gasteiger partial charge in [0.05, 0.1) is 4.92 Å². The van der Waals surface area contributed by atoms with E-state index >= 15 is 0 Å². The van der Waals surface area contributed by atoms with Gasteiger partial charge in [-0.25, -0.2) is 0 Å². The van der Waals surface area contributed by atoms with Gasteiger partial charge in [-0.1, -0.05) is 12.1 Å². The molecule has 1 heterocycles. The Morgan fingerprint density at radius 2 is 1.96 bits per heavy atom. The lowest BCUT2D eigenvalue weighted by Gasteiger charge is -2.27. The van der Waals surface area contributed by atoms with Crippen LogP contribution in [0.25, 0.3) is 0 Å². The number of nitrogens with one attached hydrogen (secondary N) is 3. The molecule has 8 nitrogen and oxygen atoms in total. The first-order valence-electron chi connectivity index (χ1n) is 7.84. The van der Waals surface area contributed by atoms with E-state index in [2.05, 4.69) is 20.9 Å². The number of carbonyl (C=O) groups is 1. The molecule has 9 heteroatoms. The van der Waals surface area contributed by atoms with Crippen molar-refractivity contribution >= 4 is 29.7 Å². The molecule has 0 saturated carbocycles. The van der Waals surface area contributed by atoms with Gasteiger partial charge in [0.1, 0.15) is 5.69 Å². The van der Waals surface area contributed by atoms with Crippen molar-refractivity contribution in [2.45, 2.75) is 6.42 Å². The van der Waals surface area contributed by atoms with Crippen molar-refractivity contribution in [1.29, 1.82) is 0 Å². The molecule has 1 aromatic carbocycles. The molecule has 0 bridgehead atoms. The summed E-state index contributed by atoms with van der Waals surface area (Å²) in [6, 6.07) is 6.42. The molecule has 2 rings (SSSR count). The lowest BCUT2D eigenvalue weighted by molar-refractivity contribution is -0.384. The molecule has 134 valence electrons. The lowest BCUT2D eigenvalue weighted by atomic mass is 10.2. The number of para-hydroxylation sites is 2. The number of nitro benzene ring substituents is 1. The van der Waals surface area contributed by atoms with Crippen molar-refractivity contribution in [3.63, 3.8) is 0 Å². The fourth-order valence-corrected chi connectivity index (χ4v) is 2.47. The lowest BCUT2D eigenvalue weighted by Crippen LogP contribution is -2.46. The Kier molecular flexibility index (Phi) is 9.06. The van der Waals surface area contributed by atoms with Crippen LogP contribution in [-0.4, -0.2) is 61.5 Å². The molecular formula is C15H24ClN5O3. The molecule has 24 heavy (non-hydrogen) atoms. The van der Waals surface area contributed by atoms with Crippen LogP contribution in [0.4, 0.5) is 11.4 Å². The summed E-state index contributed by atoms with van der Waals surface area (Å²) in [5.41, 5.74) is 0.456. The van der Waals surface area contributed by atoms with Crippen LogP contribution in [0, 0.1) is 10.1 Å². The van der Waals surface area contributed by atoms with Gasteiger partial charge in [-0.15, -0.1) is 12.4 Å². The van der Waals surface area contributed by atoms with Crippen LogP contribution in [0.5, 0.6) is 0 Å². The quantitative estimate of drug-likeness (QED) is 0.471. The first-order chi connectivity index (χ1) is 11.2. The summed E-state index contributed by atoms with van der Waals surface area (Å²) < 4.78 is 0. The first kappa shape index (κ1) is 20.1. The smallest absolute Gasteiger partial charge is 0.292 e. The van der Waals surface area contributed by atoms with Crippen LogP contribution in [0.2, 0.25) is 0 Å². The molecule has 0 unspecified atom stereocenters. The summed E-state index contributed by atoms with van der Waals surface area (Å²) in [7, 11) is 0. The third-order valence-electron chi connectivity index (χ3n) is 3.73. The summed E-state index contributed by atoms with van der Waals surface area (Å²) in [5.74, 6) is -0.0498. The SMILES string of the molecule is Cl.O=C(CCNc1ccccc1[N+](=O)[O-])NCCN1CCNCC1. The second-order valence-electron chi connectivity index (χ2n) is 5.39. The van der Waals surface area contributed by atoms with E-state index in [-0.39, 0.29) is 30.4 Å². The number of nitrogens with zero attached hydrogens (tertiary/aromatic N) is 2. The monoisotopic (exact) mass is 357 g/mol. The van der Waals surface area contributed by atoms with Crippen molar-refractivity contribution in [1.82, 2.24) is 15.5 Å². The molecule has 0 aromatic heterocycles. The van der Waals surface area contributed by atoms with Gasteiger partial charge in [-0.2, -0.15) is 0 Å². The van der Waals surface area contributed by atoms with E-state index in [9.17, 15) is 14.9 Å². The second kappa shape index (κ2) is 10.8. The molecule has 1 aliphatic heterocycles. The summed E-state index contributed by atoms with van der Waals surface area (Å²) in [6.07, 6.45) is 0.285. The van der Waals surface area contributed by atoms with E-state index < -0.39 is 4.92 Å². The molecule has 1 aromatic rings. The highest BCUT2D eigenvalue weighted by Gasteiger charge is 2.12. The van der Waals surface area contributed by atoms with E-state index in [0.29, 0.717) is 18.8 Å². The number of benzene rings is 1. The Labute approximate surface area is 147 Å². The minimum absolute atomic E-state index is 0. The van der Waals surface area contributed by atoms with Crippen LogP contribution in [0.15, 0.2) is 24.3 Å². The maximum Gasteiger partial charge on any atom is 0.292 e. The summed E-state index contributed by atoms with van der Waals surface area (Å²) in [6.45, 7) is 5.85. The third-order valence-corrected chi connectivity index (χ3v) is 3.73. The topological polar surface area (TPSA) is 99.5 Å². The predicted molar refractivity (Wildman–Crippen MR) is 95.8 cm³/mol. The third kappa shape index (κ3) is 6.69. The number of piperazine rings is 1. The molecule has 0 aliphatic carbocycles. The van der Waals surface area contributed by atoms with Crippen molar-refractivity contribution in [3.05, 3.63) is 34.4 Å². The average Bonchev–Trinajstić information content (AvgIpc) is 2.56. The average molecular weight is 358 g/mol. The minimum Gasteiger partial charge on any atom is -0.379 e. The predicted octanol–water partition coefficient (Wildman–Crippen LogP) is 0.840. The molecule has 3 N–H and O–H groups in total. The van der Waals surface area contributed by atoms with Gasteiger partial charge in [0, 0.05) is 58.3 Å². The maximum absolute atomic E-state index is 11.8. The van der Waals surface area contributed by atoms with Crippen LogP contribution in [0.1, 0.15) is 6.42 Å². The Morgan fingerprint density at radius 3 is 2.67 bits per heavy atom. The summed E-state index contributed by atoms with van der Waals surface area (Å²) in [4.78, 5) is 24.5. The van der Waals surface area contributed by atoms with Crippen LogP contribution >= 0.6 is 12.4 Å². The van der Waals surface area contributed by atoms with Gasteiger partial charge in [0.2, 0.25) is 5.91 Å². The Hall–Kier alpha value is -1.90. The van der Waals surface area contributed by atoms with Gasteiger partial charge in [0.15, 0.2) is 0 Å². The second-order valence-corrected chi connectivity index (χ2v) is 5.39. The van der Waals surface area contributed by atoms with E-state index in [1.807, 2.05) is 0 Å². The zero-order valence-electron chi connectivity index (χ0n) is 13.5. The zero-order chi connectivity index (χ0) is 16.5. The van der Waals surface area contributed by atoms with Gasteiger partial charge in [-0.3, -0.25) is 19.8 Å². The van der Waals surface area contributed by atoms with Gasteiger partial charge in [0.25, 0.3) is 5.69 Å². The number of hydrogen-bond acceptors (Lipinski definition) is 6. The number of halogens is 1. The number of anilines is 1. The maximum atomic E-state index is 11.8. The van der Waals surface area contributed by atoms with E-state index in [1.165, 1.54) is 6.07 Å². The molecular weight excluding hydrogens is 334 g/mol. The number of nitro groups is 1. The number of rotatable bonds is 8. The molecule has 1 saturated heterocycles. The zero-order valence-corrected chi connectivity index (χ0v) is 14.3. The molecule has 0 spiro atoms. The Morgan fingerprint density at radius 1 is 1.25 bits per heavy atom. The van der Waals surface area contributed by atoms with Crippen LogP contribution in [0.3, 0.4) is 0 Å². The largest absolute Gasteiger partial charge is 0.379 e. The summed E-state index contributed by atoms with van der Waals surface area (Å²) >= 11 is 0. The molecule has 1 amide bonds. The van der Waals surface area contributed by atoms with Crippen LogP contribution in [-0.2, 0) is 4.79 Å². The van der Waals surface area contributed by atoms with E-state index in [1.54, 1.807) is 18.2 Å². The number of hydrogen-bond donors (Lipinski definition) is 3.